The van der Waals surface area contributed by atoms with Crippen LogP contribution in [-0.4, -0.2) is 14.9 Å². The Kier molecular flexibility index (Phi) is 3.43. The molecule has 0 aliphatic heterocycles. The summed E-state index contributed by atoms with van der Waals surface area (Å²) in [7, 11) is 0. The lowest BCUT2D eigenvalue weighted by Gasteiger charge is -2.08. The van der Waals surface area contributed by atoms with Crippen LogP contribution in [0.1, 0.15) is 11.1 Å². The van der Waals surface area contributed by atoms with E-state index in [9.17, 15) is 10.1 Å². The third-order valence-corrected chi connectivity index (χ3v) is 2.57. The average Bonchev–Trinajstić information content (AvgIpc) is 2.44. The molecule has 0 unspecified atom stereocenters. The average molecular weight is 271 g/mol. The standard InChI is InChI=1S/C12H9N5O3/c1-7-11(14)15-6-16-12(7)20-10-3-2-8(5-13)4-9(10)17(18)19/h2-4,6H,1H3,(H2,14,15,16). The smallest absolute Gasteiger partial charge is 0.312 e. The normalized spacial score (nSPS) is 9.80. The molecule has 2 rings (SSSR count). The first-order valence-electron chi connectivity index (χ1n) is 5.46. The molecule has 0 atom stereocenters. The summed E-state index contributed by atoms with van der Waals surface area (Å²) in [5, 5.41) is 19.7. The first kappa shape index (κ1) is 13.2. The van der Waals surface area contributed by atoms with Crippen molar-refractivity contribution in [2.45, 2.75) is 6.92 Å². The minimum absolute atomic E-state index is 0.0183. The van der Waals surface area contributed by atoms with Crippen LogP contribution in [0.2, 0.25) is 0 Å². The number of nitro benzene ring substituents is 1. The zero-order valence-corrected chi connectivity index (χ0v) is 10.4. The van der Waals surface area contributed by atoms with Crippen LogP contribution in [0.5, 0.6) is 11.6 Å². The second kappa shape index (κ2) is 5.19. The van der Waals surface area contributed by atoms with E-state index in [2.05, 4.69) is 9.97 Å². The Hall–Kier alpha value is -3.21. The van der Waals surface area contributed by atoms with Gasteiger partial charge in [0, 0.05) is 6.07 Å². The van der Waals surface area contributed by atoms with Gasteiger partial charge in [0.1, 0.15) is 12.1 Å². The zero-order valence-electron chi connectivity index (χ0n) is 10.4. The molecule has 0 aliphatic rings. The van der Waals surface area contributed by atoms with Crippen molar-refractivity contribution in [2.24, 2.45) is 0 Å². The number of aromatic nitrogens is 2. The Morgan fingerprint density at radius 3 is 2.85 bits per heavy atom. The summed E-state index contributed by atoms with van der Waals surface area (Å²) >= 11 is 0. The van der Waals surface area contributed by atoms with Crippen LogP contribution < -0.4 is 10.5 Å². The van der Waals surface area contributed by atoms with Gasteiger partial charge in [0.25, 0.3) is 0 Å². The number of benzene rings is 1. The predicted molar refractivity (Wildman–Crippen MR) is 69.1 cm³/mol. The van der Waals surface area contributed by atoms with Gasteiger partial charge in [0.2, 0.25) is 11.6 Å². The summed E-state index contributed by atoms with van der Waals surface area (Å²) in [6.07, 6.45) is 1.20. The van der Waals surface area contributed by atoms with E-state index in [1.54, 1.807) is 6.92 Å². The highest BCUT2D eigenvalue weighted by molar-refractivity contribution is 5.54. The number of nitro groups is 1. The number of hydrogen-bond acceptors (Lipinski definition) is 7. The number of nitrogens with two attached hydrogens (primary N) is 1. The quantitative estimate of drug-likeness (QED) is 0.667. The number of rotatable bonds is 3. The number of hydrogen-bond donors (Lipinski definition) is 1. The second-order valence-corrected chi connectivity index (χ2v) is 3.84. The first-order valence-corrected chi connectivity index (χ1v) is 5.46. The van der Waals surface area contributed by atoms with Crippen LogP contribution in [0.4, 0.5) is 11.5 Å². The minimum atomic E-state index is -0.629. The maximum atomic E-state index is 11.0. The van der Waals surface area contributed by atoms with Crippen molar-refractivity contribution in [1.29, 1.82) is 5.26 Å². The molecule has 0 amide bonds. The van der Waals surface area contributed by atoms with Gasteiger partial charge in [-0.15, -0.1) is 0 Å². The van der Waals surface area contributed by atoms with Crippen LogP contribution in [0.15, 0.2) is 24.5 Å². The maximum absolute atomic E-state index is 11.0. The molecule has 100 valence electrons. The molecule has 20 heavy (non-hydrogen) atoms. The largest absolute Gasteiger partial charge is 0.431 e. The van der Waals surface area contributed by atoms with Gasteiger partial charge in [-0.3, -0.25) is 10.1 Å². The fourth-order valence-corrected chi connectivity index (χ4v) is 1.47. The van der Waals surface area contributed by atoms with Crippen molar-refractivity contribution in [2.75, 3.05) is 5.73 Å². The van der Waals surface area contributed by atoms with E-state index in [1.165, 1.54) is 18.5 Å². The van der Waals surface area contributed by atoms with Gasteiger partial charge in [-0.1, -0.05) is 0 Å². The van der Waals surface area contributed by atoms with Crippen molar-refractivity contribution in [3.05, 3.63) is 45.8 Å². The second-order valence-electron chi connectivity index (χ2n) is 3.84. The fraction of sp³-hybridized carbons (Fsp3) is 0.0833. The molecular weight excluding hydrogens is 262 g/mol. The number of nitriles is 1. The Labute approximate surface area is 113 Å². The van der Waals surface area contributed by atoms with Gasteiger partial charge in [-0.05, 0) is 19.1 Å². The highest BCUT2D eigenvalue weighted by Crippen LogP contribution is 2.33. The number of nitrogen functional groups attached to an aromatic ring is 1. The molecule has 0 aliphatic carbocycles. The minimum Gasteiger partial charge on any atom is -0.431 e. The van der Waals surface area contributed by atoms with Gasteiger partial charge >= 0.3 is 5.69 Å². The summed E-state index contributed by atoms with van der Waals surface area (Å²) in [4.78, 5) is 18.0. The fourth-order valence-electron chi connectivity index (χ4n) is 1.47. The number of ether oxygens (including phenoxy) is 1. The molecule has 1 heterocycles. The van der Waals surface area contributed by atoms with E-state index < -0.39 is 4.92 Å². The van der Waals surface area contributed by atoms with E-state index in [0.29, 0.717) is 5.56 Å². The molecule has 0 spiro atoms. The van der Waals surface area contributed by atoms with E-state index in [4.69, 9.17) is 15.7 Å². The van der Waals surface area contributed by atoms with Crippen molar-refractivity contribution in [3.63, 3.8) is 0 Å². The predicted octanol–water partition coefficient (Wildman–Crippen LogP) is 1.94. The molecule has 2 N–H and O–H groups in total. The highest BCUT2D eigenvalue weighted by atomic mass is 16.6. The Balaban J connectivity index is 2.46. The first-order chi connectivity index (χ1) is 9.52. The summed E-state index contributed by atoms with van der Waals surface area (Å²) < 4.78 is 5.40. The summed E-state index contributed by atoms with van der Waals surface area (Å²) in [5.41, 5.74) is 5.94. The van der Waals surface area contributed by atoms with Crippen molar-refractivity contribution < 1.29 is 9.66 Å². The van der Waals surface area contributed by atoms with E-state index >= 15 is 0 Å². The lowest BCUT2D eigenvalue weighted by Crippen LogP contribution is -2.00. The van der Waals surface area contributed by atoms with Crippen molar-refractivity contribution in [3.8, 4) is 17.7 Å². The molecule has 1 aromatic heterocycles. The maximum Gasteiger partial charge on any atom is 0.312 e. The molecule has 8 nitrogen and oxygen atoms in total. The van der Waals surface area contributed by atoms with Crippen LogP contribution >= 0.6 is 0 Å². The SMILES string of the molecule is Cc1c(N)ncnc1Oc1ccc(C#N)cc1[N+](=O)[O-]. The van der Waals surface area contributed by atoms with E-state index in [1.807, 2.05) is 6.07 Å². The molecule has 0 saturated carbocycles. The van der Waals surface area contributed by atoms with Gasteiger partial charge in [0.15, 0.2) is 0 Å². The highest BCUT2D eigenvalue weighted by Gasteiger charge is 2.18. The van der Waals surface area contributed by atoms with E-state index in [0.717, 1.165) is 6.07 Å². The molecule has 2 aromatic rings. The summed E-state index contributed by atoms with van der Waals surface area (Å²) in [6.45, 7) is 1.64. The molecule has 1 aromatic carbocycles. The van der Waals surface area contributed by atoms with Gasteiger partial charge in [-0.25, -0.2) is 9.97 Å². The van der Waals surface area contributed by atoms with Gasteiger partial charge in [0.05, 0.1) is 22.1 Å². The third-order valence-electron chi connectivity index (χ3n) is 2.57. The molecule has 0 saturated heterocycles. The zero-order chi connectivity index (χ0) is 14.7. The summed E-state index contributed by atoms with van der Waals surface area (Å²) in [6, 6.07) is 5.72. The van der Waals surface area contributed by atoms with Crippen molar-refractivity contribution in [1.82, 2.24) is 9.97 Å². The van der Waals surface area contributed by atoms with Crippen molar-refractivity contribution >= 4 is 11.5 Å². The molecule has 0 radical (unpaired) electrons. The number of nitrogens with zero attached hydrogens (tertiary/aromatic N) is 4. The molecule has 0 bridgehead atoms. The lowest BCUT2D eigenvalue weighted by molar-refractivity contribution is -0.385. The van der Waals surface area contributed by atoms with Crippen LogP contribution in [0.3, 0.4) is 0 Å². The lowest BCUT2D eigenvalue weighted by atomic mass is 10.2. The molecular formula is C12H9N5O3. The number of anilines is 1. The van der Waals surface area contributed by atoms with E-state index in [-0.39, 0.29) is 28.7 Å². The molecule has 8 heteroatoms. The van der Waals surface area contributed by atoms with Crippen LogP contribution in [0.25, 0.3) is 0 Å². The third kappa shape index (κ3) is 2.46. The topological polar surface area (TPSA) is 128 Å². The summed E-state index contributed by atoms with van der Waals surface area (Å²) in [5.74, 6) is 0.340. The Bertz CT molecular complexity index is 724. The van der Waals surface area contributed by atoms with Gasteiger partial charge < -0.3 is 10.5 Å². The Morgan fingerprint density at radius 1 is 1.45 bits per heavy atom. The van der Waals surface area contributed by atoms with Crippen LogP contribution in [0, 0.1) is 28.4 Å². The monoisotopic (exact) mass is 271 g/mol. The Morgan fingerprint density at radius 2 is 2.20 bits per heavy atom. The van der Waals surface area contributed by atoms with Gasteiger partial charge in [-0.2, -0.15) is 5.26 Å². The van der Waals surface area contributed by atoms with Crippen LogP contribution in [-0.2, 0) is 0 Å². The molecule has 0 fully saturated rings.